The Morgan fingerprint density at radius 3 is 2.76 bits per heavy atom. The number of para-hydroxylation sites is 1. The highest BCUT2D eigenvalue weighted by Gasteiger charge is 2.25. The molecule has 1 aromatic rings. The number of carbonyl (C=O) groups is 1. The molecule has 7 heteroatoms. The van der Waals surface area contributed by atoms with E-state index in [9.17, 15) is 14.9 Å². The highest BCUT2D eigenvalue weighted by molar-refractivity contribution is 6.33. The molecule has 0 bridgehead atoms. The van der Waals surface area contributed by atoms with Gasteiger partial charge in [0.25, 0.3) is 5.91 Å². The number of benzene rings is 1. The van der Waals surface area contributed by atoms with Crippen LogP contribution in [0.5, 0.6) is 0 Å². The number of aliphatic hydroxyl groups excluding tert-OH is 1. The summed E-state index contributed by atoms with van der Waals surface area (Å²) in [5, 5.41) is 19.5. The molecular weight excluding hydrogens is 248 g/mol. The lowest BCUT2D eigenvalue weighted by Crippen LogP contribution is -2.30. The minimum absolute atomic E-state index is 0.0848. The zero-order chi connectivity index (χ0) is 13.0. The Labute approximate surface area is 103 Å². The van der Waals surface area contributed by atoms with E-state index in [0.717, 1.165) is 0 Å². The predicted octanol–water partition coefficient (Wildman–Crippen LogP) is 1.31. The van der Waals surface area contributed by atoms with Crippen LogP contribution in [0.15, 0.2) is 18.2 Å². The molecular formula is C10H11ClN2O4. The van der Waals surface area contributed by atoms with Crippen LogP contribution in [0.4, 0.5) is 5.69 Å². The van der Waals surface area contributed by atoms with Gasteiger partial charge < -0.3 is 10.0 Å². The third-order valence-corrected chi connectivity index (χ3v) is 2.49. The molecule has 0 fully saturated rings. The van der Waals surface area contributed by atoms with Crippen LogP contribution in [0.2, 0.25) is 5.02 Å². The maximum Gasteiger partial charge on any atom is 0.300 e. The van der Waals surface area contributed by atoms with E-state index in [4.69, 9.17) is 16.7 Å². The van der Waals surface area contributed by atoms with E-state index in [2.05, 4.69) is 0 Å². The van der Waals surface area contributed by atoms with Gasteiger partial charge in [0, 0.05) is 13.6 Å². The highest BCUT2D eigenvalue weighted by atomic mass is 35.5. The predicted molar refractivity (Wildman–Crippen MR) is 62.2 cm³/mol. The summed E-state index contributed by atoms with van der Waals surface area (Å²) in [6, 6.07) is 4.15. The normalized spacial score (nSPS) is 10.1. The second-order valence-corrected chi connectivity index (χ2v) is 3.75. The molecule has 0 saturated heterocycles. The molecule has 1 aromatic carbocycles. The number of likely N-dealkylation sites (N-methyl/N-ethyl adjacent to an activating group) is 1. The van der Waals surface area contributed by atoms with Crippen molar-refractivity contribution in [3.8, 4) is 0 Å². The molecule has 0 aliphatic heterocycles. The minimum Gasteiger partial charge on any atom is -0.395 e. The third kappa shape index (κ3) is 2.92. The summed E-state index contributed by atoms with van der Waals surface area (Å²) in [6.07, 6.45) is 0. The molecule has 17 heavy (non-hydrogen) atoms. The van der Waals surface area contributed by atoms with E-state index in [-0.39, 0.29) is 23.7 Å². The van der Waals surface area contributed by atoms with Gasteiger partial charge in [0.15, 0.2) is 0 Å². The van der Waals surface area contributed by atoms with Crippen molar-refractivity contribution >= 4 is 23.2 Å². The first kappa shape index (κ1) is 13.4. The lowest BCUT2D eigenvalue weighted by molar-refractivity contribution is -0.385. The largest absolute Gasteiger partial charge is 0.395 e. The molecule has 0 aliphatic carbocycles. The van der Waals surface area contributed by atoms with Gasteiger partial charge >= 0.3 is 5.69 Å². The van der Waals surface area contributed by atoms with Crippen LogP contribution < -0.4 is 0 Å². The van der Waals surface area contributed by atoms with Crippen LogP contribution in [-0.4, -0.2) is 41.0 Å². The molecule has 0 spiro atoms. The number of nitro benzene ring substituents is 1. The van der Waals surface area contributed by atoms with Crippen molar-refractivity contribution in [2.75, 3.05) is 20.2 Å². The summed E-state index contributed by atoms with van der Waals surface area (Å²) in [7, 11) is 1.45. The van der Waals surface area contributed by atoms with E-state index in [0.29, 0.717) is 0 Å². The van der Waals surface area contributed by atoms with Crippen LogP contribution >= 0.6 is 11.6 Å². The van der Waals surface area contributed by atoms with Crippen molar-refractivity contribution in [1.29, 1.82) is 0 Å². The number of rotatable bonds is 4. The molecule has 1 amide bonds. The van der Waals surface area contributed by atoms with Crippen molar-refractivity contribution in [2.24, 2.45) is 0 Å². The van der Waals surface area contributed by atoms with Gasteiger partial charge in [-0.2, -0.15) is 0 Å². The molecule has 0 radical (unpaired) electrons. The summed E-state index contributed by atoms with van der Waals surface area (Å²) in [5.41, 5.74) is -0.498. The zero-order valence-electron chi connectivity index (χ0n) is 9.09. The van der Waals surface area contributed by atoms with Gasteiger partial charge in [-0.25, -0.2) is 0 Å². The van der Waals surface area contributed by atoms with Gasteiger partial charge in [-0.05, 0) is 12.1 Å². The van der Waals surface area contributed by atoms with Crippen molar-refractivity contribution in [2.45, 2.75) is 0 Å². The van der Waals surface area contributed by atoms with Gasteiger partial charge in [-0.3, -0.25) is 14.9 Å². The van der Waals surface area contributed by atoms with Crippen molar-refractivity contribution < 1.29 is 14.8 Å². The van der Waals surface area contributed by atoms with Gasteiger partial charge in [0.2, 0.25) is 0 Å². The van der Waals surface area contributed by atoms with E-state index >= 15 is 0 Å². The summed E-state index contributed by atoms with van der Waals surface area (Å²) in [6.45, 7) is -0.112. The first-order valence-electron chi connectivity index (χ1n) is 4.78. The Bertz CT molecular complexity index is 450. The maximum absolute atomic E-state index is 11.9. The fourth-order valence-electron chi connectivity index (χ4n) is 1.33. The number of carbonyl (C=O) groups excluding carboxylic acids is 1. The fraction of sp³-hybridized carbons (Fsp3) is 0.300. The number of amides is 1. The summed E-state index contributed by atoms with van der Waals surface area (Å²) in [5.74, 6) is -0.548. The van der Waals surface area contributed by atoms with Gasteiger partial charge in [0.1, 0.15) is 10.6 Å². The zero-order valence-corrected chi connectivity index (χ0v) is 9.85. The van der Waals surface area contributed by atoms with Crippen LogP contribution in [0, 0.1) is 10.1 Å². The minimum atomic E-state index is -0.692. The van der Waals surface area contributed by atoms with Gasteiger partial charge in [-0.15, -0.1) is 0 Å². The molecule has 92 valence electrons. The van der Waals surface area contributed by atoms with Crippen LogP contribution in [0.1, 0.15) is 10.4 Å². The number of halogens is 1. The quantitative estimate of drug-likeness (QED) is 0.652. The Balaban J connectivity index is 3.18. The second-order valence-electron chi connectivity index (χ2n) is 3.34. The average Bonchev–Trinajstić information content (AvgIpc) is 2.27. The molecule has 1 N–H and O–H groups in total. The summed E-state index contributed by atoms with van der Waals surface area (Å²) < 4.78 is 0. The standard InChI is InChI=1S/C10H11ClN2O4/c1-12(5-6-14)10(15)7-3-2-4-8(11)9(7)13(16)17/h2-4,14H,5-6H2,1H3. The lowest BCUT2D eigenvalue weighted by atomic mass is 10.1. The smallest absolute Gasteiger partial charge is 0.300 e. The third-order valence-electron chi connectivity index (χ3n) is 2.18. The van der Waals surface area contributed by atoms with Crippen molar-refractivity contribution in [3.63, 3.8) is 0 Å². The van der Waals surface area contributed by atoms with E-state index in [1.807, 2.05) is 0 Å². The summed E-state index contributed by atoms with van der Waals surface area (Å²) >= 11 is 5.69. The molecule has 1 rings (SSSR count). The van der Waals surface area contributed by atoms with Crippen molar-refractivity contribution in [1.82, 2.24) is 4.90 Å². The van der Waals surface area contributed by atoms with Crippen LogP contribution in [0.3, 0.4) is 0 Å². The summed E-state index contributed by atoms with van der Waals surface area (Å²) in [4.78, 5) is 23.2. The number of hydrogen-bond acceptors (Lipinski definition) is 4. The number of hydrogen-bond donors (Lipinski definition) is 1. The van der Waals surface area contributed by atoms with E-state index in [1.54, 1.807) is 0 Å². The number of nitrogens with zero attached hydrogens (tertiary/aromatic N) is 2. The van der Waals surface area contributed by atoms with Crippen LogP contribution in [-0.2, 0) is 0 Å². The molecule has 0 aliphatic rings. The monoisotopic (exact) mass is 258 g/mol. The topological polar surface area (TPSA) is 83.7 Å². The SMILES string of the molecule is CN(CCO)C(=O)c1cccc(Cl)c1[N+](=O)[O-]. The van der Waals surface area contributed by atoms with Gasteiger partial charge in [0.05, 0.1) is 11.5 Å². The first-order valence-corrected chi connectivity index (χ1v) is 5.16. The number of nitro groups is 1. The lowest BCUT2D eigenvalue weighted by Gasteiger charge is -2.15. The molecule has 0 aromatic heterocycles. The maximum atomic E-state index is 11.9. The Morgan fingerprint density at radius 1 is 1.59 bits per heavy atom. The Morgan fingerprint density at radius 2 is 2.24 bits per heavy atom. The average molecular weight is 259 g/mol. The first-order chi connectivity index (χ1) is 7.99. The Hall–Kier alpha value is -1.66. The molecule has 0 unspecified atom stereocenters. The van der Waals surface area contributed by atoms with E-state index < -0.39 is 16.5 Å². The van der Waals surface area contributed by atoms with Gasteiger partial charge in [-0.1, -0.05) is 17.7 Å². The molecule has 0 heterocycles. The highest BCUT2D eigenvalue weighted by Crippen LogP contribution is 2.28. The van der Waals surface area contributed by atoms with Crippen molar-refractivity contribution in [3.05, 3.63) is 38.9 Å². The van der Waals surface area contributed by atoms with Crippen LogP contribution in [0.25, 0.3) is 0 Å². The Kier molecular flexibility index (Phi) is 4.42. The fourth-order valence-corrected chi connectivity index (χ4v) is 1.57. The van der Waals surface area contributed by atoms with E-state index in [1.165, 1.54) is 30.1 Å². The molecule has 0 atom stereocenters. The number of aliphatic hydroxyl groups is 1. The second kappa shape index (κ2) is 5.60. The molecule has 6 nitrogen and oxygen atoms in total. The molecule has 0 saturated carbocycles.